The van der Waals surface area contributed by atoms with Crippen LogP contribution in [-0.2, 0) is 24.3 Å². The molecule has 0 bridgehead atoms. The SMILES string of the molecule is COCCOCC(=O)Nc1cc(C)c(S(N)(=O)=O)cc1Br. The summed E-state index contributed by atoms with van der Waals surface area (Å²) in [6.45, 7) is 2.19. The minimum Gasteiger partial charge on any atom is -0.382 e. The third kappa shape index (κ3) is 5.71. The van der Waals surface area contributed by atoms with Gasteiger partial charge in [-0.05, 0) is 40.5 Å². The first-order valence-electron chi connectivity index (χ1n) is 5.95. The lowest BCUT2D eigenvalue weighted by Crippen LogP contribution is -2.20. The second-order valence-electron chi connectivity index (χ2n) is 4.24. The summed E-state index contributed by atoms with van der Waals surface area (Å²) in [6.07, 6.45) is 0. The molecule has 0 aromatic heterocycles. The first kappa shape index (κ1) is 18.1. The molecule has 1 aromatic rings. The van der Waals surface area contributed by atoms with Gasteiger partial charge in [0.25, 0.3) is 0 Å². The van der Waals surface area contributed by atoms with Gasteiger partial charge in [-0.15, -0.1) is 0 Å². The predicted molar refractivity (Wildman–Crippen MR) is 81.6 cm³/mol. The molecular weight excluding hydrogens is 364 g/mol. The van der Waals surface area contributed by atoms with Crippen molar-refractivity contribution in [2.24, 2.45) is 5.14 Å². The number of aryl methyl sites for hydroxylation is 1. The molecule has 1 amide bonds. The highest BCUT2D eigenvalue weighted by Gasteiger charge is 2.15. The molecule has 0 atom stereocenters. The molecule has 0 saturated heterocycles. The van der Waals surface area contributed by atoms with Crippen molar-refractivity contribution in [3.63, 3.8) is 0 Å². The van der Waals surface area contributed by atoms with Gasteiger partial charge in [-0.1, -0.05) is 0 Å². The minimum absolute atomic E-state index is 0.00344. The van der Waals surface area contributed by atoms with Gasteiger partial charge in [-0.25, -0.2) is 13.6 Å². The van der Waals surface area contributed by atoms with Crippen molar-refractivity contribution in [1.82, 2.24) is 0 Å². The molecule has 118 valence electrons. The summed E-state index contributed by atoms with van der Waals surface area (Å²) in [4.78, 5) is 11.7. The van der Waals surface area contributed by atoms with E-state index in [2.05, 4.69) is 21.2 Å². The molecule has 1 aromatic carbocycles. The van der Waals surface area contributed by atoms with Crippen molar-refractivity contribution in [3.05, 3.63) is 22.2 Å². The number of hydrogen-bond donors (Lipinski definition) is 2. The Morgan fingerprint density at radius 2 is 2.05 bits per heavy atom. The third-order valence-corrected chi connectivity index (χ3v) is 4.22. The summed E-state index contributed by atoms with van der Waals surface area (Å²) in [5.74, 6) is -0.352. The van der Waals surface area contributed by atoms with Crippen LogP contribution in [0.3, 0.4) is 0 Å². The van der Waals surface area contributed by atoms with Crippen LogP contribution in [0.5, 0.6) is 0 Å². The van der Waals surface area contributed by atoms with E-state index in [1.165, 1.54) is 19.2 Å². The zero-order valence-corrected chi connectivity index (χ0v) is 14.1. The molecule has 0 aliphatic heterocycles. The molecule has 0 fully saturated rings. The Balaban J connectivity index is 2.77. The summed E-state index contributed by atoms with van der Waals surface area (Å²) in [5.41, 5.74) is 0.886. The van der Waals surface area contributed by atoms with Crippen molar-refractivity contribution < 1.29 is 22.7 Å². The Hall–Kier alpha value is -1.00. The summed E-state index contributed by atoms with van der Waals surface area (Å²) in [5, 5.41) is 7.72. The molecule has 0 aliphatic rings. The monoisotopic (exact) mass is 380 g/mol. The molecule has 3 N–H and O–H groups in total. The third-order valence-electron chi connectivity index (χ3n) is 2.51. The zero-order valence-electron chi connectivity index (χ0n) is 11.7. The summed E-state index contributed by atoms with van der Waals surface area (Å²) < 4.78 is 33.1. The number of carbonyl (C=O) groups is 1. The van der Waals surface area contributed by atoms with E-state index in [9.17, 15) is 13.2 Å². The van der Waals surface area contributed by atoms with Crippen LogP contribution in [0.15, 0.2) is 21.5 Å². The quantitative estimate of drug-likeness (QED) is 0.686. The van der Waals surface area contributed by atoms with Crippen molar-refractivity contribution in [3.8, 4) is 0 Å². The smallest absolute Gasteiger partial charge is 0.250 e. The van der Waals surface area contributed by atoms with Crippen LogP contribution in [0.25, 0.3) is 0 Å². The molecule has 7 nitrogen and oxygen atoms in total. The van der Waals surface area contributed by atoms with Crippen molar-refractivity contribution >= 4 is 37.5 Å². The Morgan fingerprint density at radius 3 is 2.62 bits per heavy atom. The van der Waals surface area contributed by atoms with Gasteiger partial charge < -0.3 is 14.8 Å². The molecule has 0 heterocycles. The second kappa shape index (κ2) is 7.85. The molecule has 0 radical (unpaired) electrons. The van der Waals surface area contributed by atoms with Gasteiger partial charge in [0.2, 0.25) is 15.9 Å². The summed E-state index contributed by atoms with van der Waals surface area (Å²) in [7, 11) is -2.26. The summed E-state index contributed by atoms with van der Waals surface area (Å²) >= 11 is 3.20. The van der Waals surface area contributed by atoms with Gasteiger partial charge in [0.05, 0.1) is 23.8 Å². The van der Waals surface area contributed by atoms with Gasteiger partial charge >= 0.3 is 0 Å². The molecule has 0 spiro atoms. The normalized spacial score (nSPS) is 11.4. The van der Waals surface area contributed by atoms with Gasteiger partial charge in [-0.3, -0.25) is 4.79 Å². The van der Waals surface area contributed by atoms with E-state index >= 15 is 0 Å². The fourth-order valence-electron chi connectivity index (χ4n) is 1.56. The van der Waals surface area contributed by atoms with E-state index in [1.807, 2.05) is 0 Å². The maximum absolute atomic E-state index is 11.7. The van der Waals surface area contributed by atoms with Gasteiger partial charge in [0, 0.05) is 11.6 Å². The van der Waals surface area contributed by atoms with Crippen LogP contribution in [0.1, 0.15) is 5.56 Å². The van der Waals surface area contributed by atoms with Crippen molar-refractivity contribution in [1.29, 1.82) is 0 Å². The van der Waals surface area contributed by atoms with Crippen LogP contribution in [0.2, 0.25) is 0 Å². The molecule has 0 aliphatic carbocycles. The lowest BCUT2D eigenvalue weighted by atomic mass is 10.2. The molecular formula is C12H17BrN2O5S. The lowest BCUT2D eigenvalue weighted by Gasteiger charge is -2.11. The highest BCUT2D eigenvalue weighted by atomic mass is 79.9. The number of methoxy groups -OCH3 is 1. The summed E-state index contributed by atoms with van der Waals surface area (Å²) in [6, 6.07) is 2.88. The number of sulfonamides is 1. The number of amides is 1. The largest absolute Gasteiger partial charge is 0.382 e. The first-order chi connectivity index (χ1) is 9.75. The van der Waals surface area contributed by atoms with Crippen LogP contribution < -0.4 is 10.5 Å². The number of anilines is 1. The minimum atomic E-state index is -3.80. The fourth-order valence-corrected chi connectivity index (χ4v) is 2.94. The average Bonchev–Trinajstić information content (AvgIpc) is 2.37. The zero-order chi connectivity index (χ0) is 16.0. The predicted octanol–water partition coefficient (Wildman–Crippen LogP) is 1.01. The molecule has 0 unspecified atom stereocenters. The number of nitrogens with one attached hydrogen (secondary N) is 1. The standard InChI is InChI=1S/C12H17BrN2O5S/c1-8-5-10(9(13)6-11(8)21(14,17)18)15-12(16)7-20-4-3-19-2/h5-6H,3-4,7H2,1-2H3,(H,15,16)(H2,14,17,18). The maximum Gasteiger partial charge on any atom is 0.250 e. The number of hydrogen-bond acceptors (Lipinski definition) is 5. The molecule has 9 heteroatoms. The number of primary sulfonamides is 1. The second-order valence-corrected chi connectivity index (χ2v) is 6.62. The topological polar surface area (TPSA) is 108 Å². The lowest BCUT2D eigenvalue weighted by molar-refractivity contribution is -0.121. The van der Waals surface area contributed by atoms with Gasteiger partial charge in [-0.2, -0.15) is 0 Å². The van der Waals surface area contributed by atoms with E-state index in [4.69, 9.17) is 14.6 Å². The van der Waals surface area contributed by atoms with Crippen LogP contribution in [-0.4, -0.2) is 41.3 Å². The molecule has 21 heavy (non-hydrogen) atoms. The van der Waals surface area contributed by atoms with Crippen LogP contribution >= 0.6 is 15.9 Å². The van der Waals surface area contributed by atoms with Gasteiger partial charge in [0.15, 0.2) is 0 Å². The number of rotatable bonds is 7. The highest BCUT2D eigenvalue weighted by molar-refractivity contribution is 9.10. The van der Waals surface area contributed by atoms with Gasteiger partial charge in [0.1, 0.15) is 6.61 Å². The number of benzene rings is 1. The Bertz CT molecular complexity index is 618. The van der Waals surface area contributed by atoms with E-state index < -0.39 is 10.0 Å². The van der Waals surface area contributed by atoms with E-state index in [0.717, 1.165) is 0 Å². The Labute approximate surface area is 132 Å². The van der Waals surface area contributed by atoms with E-state index in [0.29, 0.717) is 28.9 Å². The van der Waals surface area contributed by atoms with Crippen LogP contribution in [0, 0.1) is 6.92 Å². The van der Waals surface area contributed by atoms with E-state index in [-0.39, 0.29) is 17.4 Å². The number of nitrogens with two attached hydrogens (primary N) is 1. The Kier molecular flexibility index (Phi) is 6.75. The number of carbonyl (C=O) groups excluding carboxylic acids is 1. The number of halogens is 1. The average molecular weight is 381 g/mol. The highest BCUT2D eigenvalue weighted by Crippen LogP contribution is 2.28. The van der Waals surface area contributed by atoms with Crippen molar-refractivity contribution in [2.45, 2.75) is 11.8 Å². The Morgan fingerprint density at radius 1 is 1.38 bits per heavy atom. The van der Waals surface area contributed by atoms with Crippen LogP contribution in [0.4, 0.5) is 5.69 Å². The first-order valence-corrected chi connectivity index (χ1v) is 8.29. The molecule has 1 rings (SSSR count). The fraction of sp³-hybridized carbons (Fsp3) is 0.417. The number of ether oxygens (including phenoxy) is 2. The maximum atomic E-state index is 11.7. The van der Waals surface area contributed by atoms with Crippen molar-refractivity contribution in [2.75, 3.05) is 32.2 Å². The molecule has 0 saturated carbocycles. The van der Waals surface area contributed by atoms with E-state index in [1.54, 1.807) is 6.92 Å².